The van der Waals surface area contributed by atoms with Crippen molar-refractivity contribution < 1.29 is 0 Å². The van der Waals surface area contributed by atoms with Gasteiger partial charge >= 0.3 is 0 Å². The first kappa shape index (κ1) is 13.8. The largest absolute Gasteiger partial charge is 0.309 e. The topological polar surface area (TPSA) is 3.24 Å². The third-order valence-corrected chi connectivity index (χ3v) is 4.87. The summed E-state index contributed by atoms with van der Waals surface area (Å²) < 4.78 is 1.15. The van der Waals surface area contributed by atoms with E-state index in [0.29, 0.717) is 5.92 Å². The summed E-state index contributed by atoms with van der Waals surface area (Å²) >= 11 is 3.54. The van der Waals surface area contributed by atoms with Crippen LogP contribution >= 0.6 is 15.9 Å². The molecule has 20 heavy (non-hydrogen) atoms. The van der Waals surface area contributed by atoms with Gasteiger partial charge in [-0.05, 0) is 49.7 Å². The summed E-state index contributed by atoms with van der Waals surface area (Å²) in [6, 6.07) is 19.8. The maximum Gasteiger partial charge on any atom is 0.0247 e. The minimum atomic E-state index is 0.215. The van der Waals surface area contributed by atoms with E-state index in [1.54, 1.807) is 0 Å². The predicted molar refractivity (Wildman–Crippen MR) is 88.0 cm³/mol. The fourth-order valence-electron chi connectivity index (χ4n) is 3.35. The van der Waals surface area contributed by atoms with E-state index in [-0.39, 0.29) is 5.41 Å². The quantitative estimate of drug-likeness (QED) is 0.807. The van der Waals surface area contributed by atoms with Crippen LogP contribution in [0.5, 0.6) is 0 Å². The Morgan fingerprint density at radius 3 is 2.20 bits per heavy atom. The molecule has 3 rings (SSSR count). The molecule has 2 aromatic carbocycles. The van der Waals surface area contributed by atoms with Gasteiger partial charge in [-0.3, -0.25) is 0 Å². The Balaban J connectivity index is 2.00. The second-order valence-corrected chi connectivity index (χ2v) is 6.92. The van der Waals surface area contributed by atoms with E-state index < -0.39 is 0 Å². The van der Waals surface area contributed by atoms with Crippen LogP contribution in [0.25, 0.3) is 0 Å². The third kappa shape index (κ3) is 2.43. The summed E-state index contributed by atoms with van der Waals surface area (Å²) in [5.74, 6) is 0.709. The number of rotatable bonds is 4. The fraction of sp³-hybridized carbons (Fsp3) is 0.333. The molecule has 1 saturated carbocycles. The molecule has 0 radical (unpaired) electrons. The zero-order valence-electron chi connectivity index (χ0n) is 12.0. The van der Waals surface area contributed by atoms with E-state index in [9.17, 15) is 0 Å². The van der Waals surface area contributed by atoms with Crippen molar-refractivity contribution in [2.45, 2.75) is 11.8 Å². The molecule has 0 aromatic heterocycles. The van der Waals surface area contributed by atoms with Crippen molar-refractivity contribution >= 4 is 15.9 Å². The standard InChI is InChI=1S/C18H20BrN/c1-20(2)13-16-12-18(16,14-6-4-3-5-7-14)15-8-10-17(19)11-9-15/h3-11,16H,12-13H2,1-2H3. The summed E-state index contributed by atoms with van der Waals surface area (Å²) in [7, 11) is 4.32. The average Bonchev–Trinajstić information content (AvgIpc) is 3.15. The maximum absolute atomic E-state index is 3.54. The summed E-state index contributed by atoms with van der Waals surface area (Å²) in [5.41, 5.74) is 3.11. The van der Waals surface area contributed by atoms with Gasteiger partial charge in [0, 0.05) is 16.4 Å². The number of hydrogen-bond donors (Lipinski definition) is 0. The summed E-state index contributed by atoms with van der Waals surface area (Å²) in [4.78, 5) is 2.30. The molecule has 2 atom stereocenters. The monoisotopic (exact) mass is 329 g/mol. The molecule has 2 aromatic rings. The molecule has 2 unspecified atom stereocenters. The van der Waals surface area contributed by atoms with Gasteiger partial charge in [0.2, 0.25) is 0 Å². The zero-order valence-corrected chi connectivity index (χ0v) is 13.6. The molecule has 1 aliphatic carbocycles. The van der Waals surface area contributed by atoms with Gasteiger partial charge in [-0.1, -0.05) is 58.4 Å². The molecule has 0 N–H and O–H groups in total. The van der Waals surface area contributed by atoms with Gasteiger partial charge in [0.25, 0.3) is 0 Å². The van der Waals surface area contributed by atoms with Gasteiger partial charge in [0.1, 0.15) is 0 Å². The minimum absolute atomic E-state index is 0.215. The Kier molecular flexibility index (Phi) is 3.70. The van der Waals surface area contributed by atoms with Crippen molar-refractivity contribution in [2.75, 3.05) is 20.6 Å². The van der Waals surface area contributed by atoms with Crippen LogP contribution < -0.4 is 0 Å². The van der Waals surface area contributed by atoms with Crippen LogP contribution in [-0.4, -0.2) is 25.5 Å². The van der Waals surface area contributed by atoms with Gasteiger partial charge < -0.3 is 4.90 Å². The van der Waals surface area contributed by atoms with E-state index >= 15 is 0 Å². The molecule has 1 nitrogen and oxygen atoms in total. The number of benzene rings is 2. The second kappa shape index (κ2) is 5.34. The van der Waals surface area contributed by atoms with Crippen molar-refractivity contribution in [1.82, 2.24) is 4.90 Å². The van der Waals surface area contributed by atoms with Crippen LogP contribution in [0.4, 0.5) is 0 Å². The Morgan fingerprint density at radius 1 is 1.00 bits per heavy atom. The Hall–Kier alpha value is -1.12. The summed E-state index contributed by atoms with van der Waals surface area (Å²) in [5, 5.41) is 0. The lowest BCUT2D eigenvalue weighted by Crippen LogP contribution is -2.21. The molecular weight excluding hydrogens is 310 g/mol. The molecule has 0 saturated heterocycles. The van der Waals surface area contributed by atoms with Gasteiger partial charge in [-0.25, -0.2) is 0 Å². The first-order valence-corrected chi connectivity index (χ1v) is 7.88. The van der Waals surface area contributed by atoms with Gasteiger partial charge in [0.15, 0.2) is 0 Å². The lowest BCUT2D eigenvalue weighted by molar-refractivity contribution is 0.377. The van der Waals surface area contributed by atoms with Crippen LogP contribution in [0.15, 0.2) is 59.1 Å². The first-order valence-electron chi connectivity index (χ1n) is 7.09. The molecule has 1 fully saturated rings. The van der Waals surface area contributed by atoms with Crippen molar-refractivity contribution in [3.63, 3.8) is 0 Å². The fourth-order valence-corrected chi connectivity index (χ4v) is 3.61. The zero-order chi connectivity index (χ0) is 14.2. The first-order chi connectivity index (χ1) is 9.63. The molecule has 0 amide bonds. The van der Waals surface area contributed by atoms with Crippen LogP contribution in [-0.2, 0) is 5.41 Å². The Bertz CT molecular complexity index is 576. The molecule has 0 bridgehead atoms. The molecular formula is C18H20BrN. The van der Waals surface area contributed by atoms with Gasteiger partial charge in [-0.2, -0.15) is 0 Å². The SMILES string of the molecule is CN(C)CC1CC1(c1ccccc1)c1ccc(Br)cc1. The molecule has 0 heterocycles. The van der Waals surface area contributed by atoms with E-state index in [4.69, 9.17) is 0 Å². The van der Waals surface area contributed by atoms with E-state index in [1.807, 2.05) is 0 Å². The highest BCUT2D eigenvalue weighted by molar-refractivity contribution is 9.10. The van der Waals surface area contributed by atoms with E-state index in [0.717, 1.165) is 11.0 Å². The third-order valence-electron chi connectivity index (χ3n) is 4.34. The Morgan fingerprint density at radius 2 is 1.60 bits per heavy atom. The van der Waals surface area contributed by atoms with Crippen molar-refractivity contribution in [3.05, 3.63) is 70.2 Å². The second-order valence-electron chi connectivity index (χ2n) is 6.01. The lowest BCUT2D eigenvalue weighted by atomic mass is 9.85. The van der Waals surface area contributed by atoms with Gasteiger partial charge in [-0.15, -0.1) is 0 Å². The number of nitrogens with zero attached hydrogens (tertiary/aromatic N) is 1. The van der Waals surface area contributed by atoms with Crippen LogP contribution in [0.3, 0.4) is 0 Å². The molecule has 0 spiro atoms. The molecule has 0 aliphatic heterocycles. The van der Waals surface area contributed by atoms with E-state index in [2.05, 4.69) is 89.5 Å². The van der Waals surface area contributed by atoms with Crippen LogP contribution in [0.1, 0.15) is 17.5 Å². The molecule has 104 valence electrons. The minimum Gasteiger partial charge on any atom is -0.309 e. The highest BCUT2D eigenvalue weighted by atomic mass is 79.9. The van der Waals surface area contributed by atoms with Crippen LogP contribution in [0, 0.1) is 5.92 Å². The molecule has 2 heteroatoms. The van der Waals surface area contributed by atoms with Gasteiger partial charge in [0.05, 0.1) is 0 Å². The number of halogens is 1. The van der Waals surface area contributed by atoms with Crippen molar-refractivity contribution in [3.8, 4) is 0 Å². The van der Waals surface area contributed by atoms with Crippen molar-refractivity contribution in [1.29, 1.82) is 0 Å². The Labute approximate surface area is 129 Å². The molecule has 1 aliphatic rings. The lowest BCUT2D eigenvalue weighted by Gasteiger charge is -2.21. The average molecular weight is 330 g/mol. The van der Waals surface area contributed by atoms with Crippen molar-refractivity contribution in [2.24, 2.45) is 5.92 Å². The van der Waals surface area contributed by atoms with E-state index in [1.165, 1.54) is 17.5 Å². The highest BCUT2D eigenvalue weighted by Gasteiger charge is 2.56. The summed E-state index contributed by atoms with van der Waals surface area (Å²) in [6.45, 7) is 1.14. The highest BCUT2D eigenvalue weighted by Crippen LogP contribution is 2.58. The normalized spacial score (nSPS) is 24.9. The number of hydrogen-bond acceptors (Lipinski definition) is 1. The summed E-state index contributed by atoms with van der Waals surface area (Å²) in [6.07, 6.45) is 1.25. The maximum atomic E-state index is 3.54. The smallest absolute Gasteiger partial charge is 0.0247 e. The van der Waals surface area contributed by atoms with Crippen LogP contribution in [0.2, 0.25) is 0 Å². The predicted octanol–water partition coefficient (Wildman–Crippen LogP) is 4.32.